The summed E-state index contributed by atoms with van der Waals surface area (Å²) in [5, 5.41) is 3.45. The molecule has 1 atom stereocenters. The summed E-state index contributed by atoms with van der Waals surface area (Å²) in [7, 11) is 0. The van der Waals surface area contributed by atoms with Crippen LogP contribution in [-0.2, 0) is 20.7 Å². The van der Waals surface area contributed by atoms with E-state index in [-0.39, 0.29) is 17.5 Å². The van der Waals surface area contributed by atoms with Crippen LogP contribution in [0.4, 0.5) is 0 Å². The number of rotatable bonds is 8. The van der Waals surface area contributed by atoms with E-state index in [1.165, 1.54) is 13.0 Å². The van der Waals surface area contributed by atoms with E-state index in [1.54, 1.807) is 12.1 Å². The standard InChI is InChI=1S/C19H19Cl2NO4/c1-13(26-17-8-7-15(20)11-16(17)21)19(24)25-12-18(23)22-10-9-14-5-3-2-4-6-14/h2-8,11,13H,9-10,12H2,1H3,(H,22,23)/t13-/m0/s1. The number of ether oxygens (including phenoxy) is 2. The van der Waals surface area contributed by atoms with E-state index in [1.807, 2.05) is 30.3 Å². The molecule has 2 rings (SSSR count). The lowest BCUT2D eigenvalue weighted by molar-refractivity contribution is -0.154. The normalized spacial score (nSPS) is 11.5. The number of carbonyl (C=O) groups is 2. The maximum absolute atomic E-state index is 11.9. The molecule has 0 saturated heterocycles. The summed E-state index contributed by atoms with van der Waals surface area (Å²) in [6.45, 7) is 1.61. The summed E-state index contributed by atoms with van der Waals surface area (Å²) in [5.74, 6) is -0.715. The molecule has 0 aliphatic heterocycles. The predicted octanol–water partition coefficient (Wildman–Crippen LogP) is 3.66. The zero-order valence-corrected chi connectivity index (χ0v) is 15.7. The molecule has 7 heteroatoms. The number of amides is 1. The van der Waals surface area contributed by atoms with Crippen molar-refractivity contribution in [3.8, 4) is 5.75 Å². The van der Waals surface area contributed by atoms with Crippen LogP contribution in [0.1, 0.15) is 12.5 Å². The molecule has 26 heavy (non-hydrogen) atoms. The first-order chi connectivity index (χ1) is 12.5. The van der Waals surface area contributed by atoms with Gasteiger partial charge in [-0.15, -0.1) is 0 Å². The van der Waals surface area contributed by atoms with Crippen molar-refractivity contribution in [2.24, 2.45) is 0 Å². The lowest BCUT2D eigenvalue weighted by Gasteiger charge is -2.15. The van der Waals surface area contributed by atoms with E-state index < -0.39 is 12.1 Å². The van der Waals surface area contributed by atoms with Crippen LogP contribution in [0.3, 0.4) is 0 Å². The Bertz CT molecular complexity index is 752. The molecule has 0 saturated carbocycles. The Balaban J connectivity index is 1.70. The Morgan fingerprint density at radius 2 is 1.85 bits per heavy atom. The Morgan fingerprint density at radius 1 is 1.12 bits per heavy atom. The highest BCUT2D eigenvalue weighted by Crippen LogP contribution is 2.28. The molecule has 0 fully saturated rings. The third kappa shape index (κ3) is 6.58. The SMILES string of the molecule is C[C@H](Oc1ccc(Cl)cc1Cl)C(=O)OCC(=O)NCCc1ccccc1. The van der Waals surface area contributed by atoms with Crippen LogP contribution < -0.4 is 10.1 Å². The van der Waals surface area contributed by atoms with Crippen LogP contribution in [-0.4, -0.2) is 31.1 Å². The third-order valence-electron chi connectivity index (χ3n) is 3.45. The van der Waals surface area contributed by atoms with Crippen molar-refractivity contribution in [1.29, 1.82) is 0 Å². The van der Waals surface area contributed by atoms with Gasteiger partial charge in [0.15, 0.2) is 12.7 Å². The summed E-state index contributed by atoms with van der Waals surface area (Å²) >= 11 is 11.8. The van der Waals surface area contributed by atoms with Crippen molar-refractivity contribution in [2.75, 3.05) is 13.2 Å². The molecule has 1 N–H and O–H groups in total. The highest BCUT2D eigenvalue weighted by molar-refractivity contribution is 6.35. The van der Waals surface area contributed by atoms with Gasteiger partial charge in [0.2, 0.25) is 0 Å². The minimum atomic E-state index is -0.911. The van der Waals surface area contributed by atoms with E-state index in [4.69, 9.17) is 32.7 Å². The molecule has 0 aliphatic carbocycles. The second-order valence-electron chi connectivity index (χ2n) is 5.53. The van der Waals surface area contributed by atoms with Gasteiger partial charge in [-0.05, 0) is 37.1 Å². The molecule has 0 spiro atoms. The topological polar surface area (TPSA) is 64.6 Å². The molecule has 0 heterocycles. The van der Waals surface area contributed by atoms with Crippen molar-refractivity contribution < 1.29 is 19.1 Å². The van der Waals surface area contributed by atoms with Gasteiger partial charge in [-0.1, -0.05) is 53.5 Å². The first-order valence-corrected chi connectivity index (χ1v) is 8.80. The molecule has 0 aromatic heterocycles. The first kappa shape index (κ1) is 20.1. The molecule has 2 aromatic rings. The van der Waals surface area contributed by atoms with Crippen molar-refractivity contribution in [1.82, 2.24) is 5.32 Å². The van der Waals surface area contributed by atoms with E-state index in [2.05, 4.69) is 5.32 Å². The fraction of sp³-hybridized carbons (Fsp3) is 0.263. The van der Waals surface area contributed by atoms with Crippen LogP contribution in [0.15, 0.2) is 48.5 Å². The Kier molecular flexibility index (Phi) is 7.75. The molecule has 2 aromatic carbocycles. The minimum Gasteiger partial charge on any atom is -0.477 e. The average Bonchev–Trinajstić information content (AvgIpc) is 2.63. The van der Waals surface area contributed by atoms with E-state index in [0.29, 0.717) is 23.7 Å². The fourth-order valence-electron chi connectivity index (χ4n) is 2.11. The van der Waals surface area contributed by atoms with Gasteiger partial charge in [-0.2, -0.15) is 0 Å². The number of benzene rings is 2. The maximum atomic E-state index is 11.9. The van der Waals surface area contributed by atoms with E-state index in [9.17, 15) is 9.59 Å². The molecule has 0 radical (unpaired) electrons. The third-order valence-corrected chi connectivity index (χ3v) is 3.98. The number of esters is 1. The Morgan fingerprint density at radius 3 is 2.54 bits per heavy atom. The summed E-state index contributed by atoms with van der Waals surface area (Å²) < 4.78 is 10.4. The van der Waals surface area contributed by atoms with Crippen LogP contribution in [0.25, 0.3) is 0 Å². The highest BCUT2D eigenvalue weighted by atomic mass is 35.5. The molecule has 1 amide bonds. The zero-order chi connectivity index (χ0) is 18.9. The second-order valence-corrected chi connectivity index (χ2v) is 6.37. The molecule has 138 valence electrons. The number of carbonyl (C=O) groups excluding carboxylic acids is 2. The van der Waals surface area contributed by atoms with Crippen LogP contribution in [0.2, 0.25) is 10.0 Å². The van der Waals surface area contributed by atoms with Gasteiger partial charge in [-0.3, -0.25) is 4.79 Å². The number of nitrogens with one attached hydrogen (secondary N) is 1. The molecule has 0 aliphatic rings. The van der Waals surface area contributed by atoms with Gasteiger partial charge < -0.3 is 14.8 Å². The number of halogens is 2. The van der Waals surface area contributed by atoms with Crippen molar-refractivity contribution in [3.05, 3.63) is 64.1 Å². The molecule has 0 bridgehead atoms. The molecule has 0 unspecified atom stereocenters. The average molecular weight is 396 g/mol. The van der Waals surface area contributed by atoms with E-state index in [0.717, 1.165) is 5.56 Å². The van der Waals surface area contributed by atoms with Gasteiger partial charge in [-0.25, -0.2) is 4.79 Å². The van der Waals surface area contributed by atoms with Gasteiger partial charge in [0.05, 0.1) is 5.02 Å². The van der Waals surface area contributed by atoms with Gasteiger partial charge in [0, 0.05) is 11.6 Å². The quantitative estimate of drug-likeness (QED) is 0.692. The molecular formula is C19H19Cl2NO4. The molecular weight excluding hydrogens is 377 g/mol. The summed E-state index contributed by atoms with van der Waals surface area (Å²) in [5.41, 5.74) is 1.12. The van der Waals surface area contributed by atoms with Crippen molar-refractivity contribution in [3.63, 3.8) is 0 Å². The smallest absolute Gasteiger partial charge is 0.347 e. The van der Waals surface area contributed by atoms with Crippen LogP contribution in [0, 0.1) is 0 Å². The second kappa shape index (κ2) is 10.0. The lowest BCUT2D eigenvalue weighted by Crippen LogP contribution is -2.33. The van der Waals surface area contributed by atoms with E-state index >= 15 is 0 Å². The first-order valence-electron chi connectivity index (χ1n) is 8.04. The molecule has 5 nitrogen and oxygen atoms in total. The van der Waals surface area contributed by atoms with Crippen molar-refractivity contribution in [2.45, 2.75) is 19.4 Å². The monoisotopic (exact) mass is 395 g/mol. The Labute approximate surface area is 162 Å². The fourth-order valence-corrected chi connectivity index (χ4v) is 2.56. The van der Waals surface area contributed by atoms with Crippen molar-refractivity contribution >= 4 is 35.1 Å². The van der Waals surface area contributed by atoms with Gasteiger partial charge >= 0.3 is 5.97 Å². The Hall–Kier alpha value is -2.24. The summed E-state index contributed by atoms with van der Waals surface area (Å²) in [6.07, 6.45) is -0.208. The zero-order valence-electron chi connectivity index (χ0n) is 14.2. The van der Waals surface area contributed by atoms with Gasteiger partial charge in [0.25, 0.3) is 5.91 Å². The van der Waals surface area contributed by atoms with Crippen LogP contribution in [0.5, 0.6) is 5.75 Å². The largest absolute Gasteiger partial charge is 0.477 e. The predicted molar refractivity (Wildman–Crippen MR) is 101 cm³/mol. The number of hydrogen-bond donors (Lipinski definition) is 1. The lowest BCUT2D eigenvalue weighted by atomic mass is 10.1. The van der Waals surface area contributed by atoms with Crippen LogP contribution >= 0.6 is 23.2 Å². The highest BCUT2D eigenvalue weighted by Gasteiger charge is 2.19. The number of hydrogen-bond acceptors (Lipinski definition) is 4. The maximum Gasteiger partial charge on any atom is 0.347 e. The van der Waals surface area contributed by atoms with Gasteiger partial charge in [0.1, 0.15) is 5.75 Å². The summed E-state index contributed by atoms with van der Waals surface area (Å²) in [6, 6.07) is 14.4. The minimum absolute atomic E-state index is 0.288. The summed E-state index contributed by atoms with van der Waals surface area (Å²) in [4.78, 5) is 23.7.